The highest BCUT2D eigenvalue weighted by molar-refractivity contribution is 9.09. The van der Waals surface area contributed by atoms with Gasteiger partial charge in [0.2, 0.25) is 0 Å². The van der Waals surface area contributed by atoms with E-state index in [1.807, 2.05) is 13.0 Å². The third-order valence-corrected chi connectivity index (χ3v) is 3.61. The fraction of sp³-hybridized carbons (Fsp3) is 0.529. The lowest BCUT2D eigenvalue weighted by Crippen LogP contribution is -1.96. The van der Waals surface area contributed by atoms with Crippen molar-refractivity contribution in [1.29, 1.82) is 0 Å². The van der Waals surface area contributed by atoms with Crippen molar-refractivity contribution >= 4 is 21.6 Å². The number of nitro benzene ring substituents is 1. The van der Waals surface area contributed by atoms with Crippen LogP contribution in [-0.4, -0.2) is 23.5 Å². The number of unbranched alkanes of at least 4 members (excludes halogenated alkanes) is 3. The van der Waals surface area contributed by atoms with E-state index in [1.165, 1.54) is 25.3 Å². The summed E-state index contributed by atoms with van der Waals surface area (Å²) in [5.41, 5.74) is 1.61. The molecule has 5 heteroatoms. The molecule has 0 bridgehead atoms. The fourth-order valence-electron chi connectivity index (χ4n) is 1.98. The first-order chi connectivity index (χ1) is 10.6. The van der Waals surface area contributed by atoms with Crippen LogP contribution in [0.2, 0.25) is 0 Å². The van der Waals surface area contributed by atoms with Crippen molar-refractivity contribution in [2.24, 2.45) is 0 Å². The predicted octanol–water partition coefficient (Wildman–Crippen LogP) is 4.62. The van der Waals surface area contributed by atoms with E-state index >= 15 is 0 Å². The molecule has 0 aliphatic rings. The molecule has 120 valence electrons. The molecule has 0 aliphatic carbocycles. The van der Waals surface area contributed by atoms with E-state index < -0.39 is 4.92 Å². The lowest BCUT2D eigenvalue weighted by Gasteiger charge is -2.01. The standard InChI is InChI=1S/C17H22BrNO3/c1-15-12-16(14-17(13-15)19(20)21)8-4-7-11-22-10-6-3-2-5-9-18/h12-14H,2-3,5-7,9-11H2,1H3. The smallest absolute Gasteiger partial charge is 0.270 e. The van der Waals surface area contributed by atoms with Gasteiger partial charge in [0.25, 0.3) is 5.69 Å². The van der Waals surface area contributed by atoms with Gasteiger partial charge >= 0.3 is 0 Å². The zero-order chi connectivity index (χ0) is 16.2. The summed E-state index contributed by atoms with van der Waals surface area (Å²) < 4.78 is 5.52. The summed E-state index contributed by atoms with van der Waals surface area (Å²) in [5.74, 6) is 5.96. The number of benzene rings is 1. The van der Waals surface area contributed by atoms with Gasteiger partial charge in [-0.1, -0.05) is 40.6 Å². The molecule has 0 radical (unpaired) electrons. The Hall–Kier alpha value is -1.38. The molecule has 4 nitrogen and oxygen atoms in total. The van der Waals surface area contributed by atoms with Gasteiger partial charge in [-0.15, -0.1) is 0 Å². The summed E-state index contributed by atoms with van der Waals surface area (Å²) in [4.78, 5) is 10.4. The molecule has 0 aliphatic heterocycles. The second-order valence-corrected chi connectivity index (χ2v) is 5.87. The van der Waals surface area contributed by atoms with Crippen LogP contribution in [0.1, 0.15) is 43.2 Å². The molecule has 1 rings (SSSR count). The lowest BCUT2D eigenvalue weighted by molar-refractivity contribution is -0.384. The molecule has 0 N–H and O–H groups in total. The van der Waals surface area contributed by atoms with Gasteiger partial charge in [-0.2, -0.15) is 0 Å². The van der Waals surface area contributed by atoms with Crippen LogP contribution in [-0.2, 0) is 4.74 Å². The van der Waals surface area contributed by atoms with Crippen LogP contribution in [0, 0.1) is 28.9 Å². The Morgan fingerprint density at radius 3 is 2.68 bits per heavy atom. The van der Waals surface area contributed by atoms with Gasteiger partial charge in [0, 0.05) is 36.1 Å². The molecule has 22 heavy (non-hydrogen) atoms. The van der Waals surface area contributed by atoms with Gasteiger partial charge in [0.15, 0.2) is 0 Å². The number of nitrogens with zero attached hydrogens (tertiary/aromatic N) is 1. The number of halogens is 1. The molecule has 0 atom stereocenters. The Morgan fingerprint density at radius 2 is 1.95 bits per heavy atom. The molecule has 0 heterocycles. The van der Waals surface area contributed by atoms with Crippen molar-refractivity contribution in [3.05, 3.63) is 39.4 Å². The SMILES string of the molecule is Cc1cc(C#CCCOCCCCCCBr)cc([N+](=O)[O-])c1. The third kappa shape index (κ3) is 8.16. The average Bonchev–Trinajstić information content (AvgIpc) is 2.48. The normalized spacial score (nSPS) is 10.1. The molecular formula is C17H22BrNO3. The molecule has 1 aromatic carbocycles. The zero-order valence-corrected chi connectivity index (χ0v) is 14.5. The van der Waals surface area contributed by atoms with Crippen molar-refractivity contribution in [3.8, 4) is 11.8 Å². The first kappa shape index (κ1) is 18.7. The minimum absolute atomic E-state index is 0.0871. The first-order valence-corrected chi connectivity index (χ1v) is 8.64. The topological polar surface area (TPSA) is 52.4 Å². The molecular weight excluding hydrogens is 346 g/mol. The van der Waals surface area contributed by atoms with Crippen molar-refractivity contribution in [2.45, 2.75) is 39.0 Å². The van der Waals surface area contributed by atoms with Crippen LogP contribution in [0.3, 0.4) is 0 Å². The summed E-state index contributed by atoms with van der Waals surface area (Å²) in [7, 11) is 0. The van der Waals surface area contributed by atoms with Crippen molar-refractivity contribution in [1.82, 2.24) is 0 Å². The maximum Gasteiger partial charge on any atom is 0.270 e. The minimum atomic E-state index is -0.392. The number of aryl methyl sites for hydroxylation is 1. The summed E-state index contributed by atoms with van der Waals surface area (Å²) in [5, 5.41) is 11.9. The number of rotatable bonds is 9. The van der Waals surface area contributed by atoms with Crippen LogP contribution in [0.15, 0.2) is 18.2 Å². The molecule has 0 aromatic heterocycles. The number of hydrogen-bond donors (Lipinski definition) is 0. The molecule has 0 spiro atoms. The molecule has 0 amide bonds. The van der Waals surface area contributed by atoms with E-state index in [0.717, 1.165) is 23.9 Å². The van der Waals surface area contributed by atoms with Crippen molar-refractivity contribution in [2.75, 3.05) is 18.5 Å². The van der Waals surface area contributed by atoms with Crippen molar-refractivity contribution in [3.63, 3.8) is 0 Å². The van der Waals surface area contributed by atoms with E-state index in [4.69, 9.17) is 4.74 Å². The Labute approximate surface area is 140 Å². The first-order valence-electron chi connectivity index (χ1n) is 7.52. The summed E-state index contributed by atoms with van der Waals surface area (Å²) in [6, 6.07) is 4.90. The largest absolute Gasteiger partial charge is 0.380 e. The molecule has 0 saturated heterocycles. The van der Waals surface area contributed by atoms with Crippen LogP contribution in [0.5, 0.6) is 0 Å². The van der Waals surface area contributed by atoms with Gasteiger partial charge < -0.3 is 4.74 Å². The number of nitro groups is 1. The van der Waals surface area contributed by atoms with Crippen LogP contribution >= 0.6 is 15.9 Å². The fourth-order valence-corrected chi connectivity index (χ4v) is 2.38. The second-order valence-electron chi connectivity index (χ2n) is 5.08. The Balaban J connectivity index is 2.26. The Morgan fingerprint density at radius 1 is 1.18 bits per heavy atom. The molecule has 1 aromatic rings. The second kappa shape index (κ2) is 11.2. The summed E-state index contributed by atoms with van der Waals surface area (Å²) in [6.45, 7) is 3.22. The monoisotopic (exact) mass is 367 g/mol. The highest BCUT2D eigenvalue weighted by Gasteiger charge is 2.06. The lowest BCUT2D eigenvalue weighted by atomic mass is 10.1. The van der Waals surface area contributed by atoms with E-state index in [2.05, 4.69) is 27.8 Å². The Bertz CT molecular complexity index is 534. The number of non-ortho nitro benzene ring substituents is 1. The zero-order valence-electron chi connectivity index (χ0n) is 12.9. The quantitative estimate of drug-likeness (QED) is 0.210. The summed E-state index contributed by atoms with van der Waals surface area (Å²) in [6.07, 6.45) is 5.38. The van der Waals surface area contributed by atoms with Crippen LogP contribution in [0.4, 0.5) is 5.69 Å². The van der Waals surface area contributed by atoms with Crippen LogP contribution in [0.25, 0.3) is 0 Å². The van der Waals surface area contributed by atoms with E-state index in [-0.39, 0.29) is 5.69 Å². The maximum absolute atomic E-state index is 10.8. The van der Waals surface area contributed by atoms with Gasteiger partial charge in [-0.05, 0) is 31.4 Å². The molecule has 0 saturated carbocycles. The summed E-state index contributed by atoms with van der Waals surface area (Å²) >= 11 is 3.41. The van der Waals surface area contributed by atoms with Crippen LogP contribution < -0.4 is 0 Å². The maximum atomic E-state index is 10.8. The highest BCUT2D eigenvalue weighted by Crippen LogP contribution is 2.15. The molecule has 0 fully saturated rings. The number of hydrogen-bond acceptors (Lipinski definition) is 3. The van der Waals surface area contributed by atoms with E-state index in [1.54, 1.807) is 6.07 Å². The van der Waals surface area contributed by atoms with Crippen molar-refractivity contribution < 1.29 is 9.66 Å². The predicted molar refractivity (Wildman–Crippen MR) is 92.4 cm³/mol. The third-order valence-electron chi connectivity index (χ3n) is 3.05. The minimum Gasteiger partial charge on any atom is -0.380 e. The van der Waals surface area contributed by atoms with Gasteiger partial charge in [-0.3, -0.25) is 10.1 Å². The number of alkyl halides is 1. The number of ether oxygens (including phenoxy) is 1. The highest BCUT2D eigenvalue weighted by atomic mass is 79.9. The van der Waals surface area contributed by atoms with E-state index in [9.17, 15) is 10.1 Å². The van der Waals surface area contributed by atoms with Gasteiger partial charge in [-0.25, -0.2) is 0 Å². The van der Waals surface area contributed by atoms with E-state index in [0.29, 0.717) is 18.6 Å². The molecule has 0 unspecified atom stereocenters. The van der Waals surface area contributed by atoms with Gasteiger partial charge in [0.05, 0.1) is 11.5 Å². The average molecular weight is 368 g/mol. The van der Waals surface area contributed by atoms with Gasteiger partial charge in [0.1, 0.15) is 0 Å². The Kier molecular flexibility index (Phi) is 9.52.